The number of carbonyl (C=O) groups excluding carboxylic acids is 1. The van der Waals surface area contributed by atoms with Crippen molar-refractivity contribution in [2.75, 3.05) is 18.0 Å². The summed E-state index contributed by atoms with van der Waals surface area (Å²) in [4.78, 5) is 20.0. The summed E-state index contributed by atoms with van der Waals surface area (Å²) in [5, 5.41) is 3.18. The van der Waals surface area contributed by atoms with Crippen LogP contribution in [0.1, 0.15) is 77.2 Å². The molecule has 2 heterocycles. The molecule has 5 atom stereocenters. The number of anilines is 1. The number of piperidine rings is 1. The first-order valence-corrected chi connectivity index (χ1v) is 13.0. The van der Waals surface area contributed by atoms with E-state index in [1.165, 1.54) is 43.4 Å². The Hall–Kier alpha value is -2.43. The summed E-state index contributed by atoms with van der Waals surface area (Å²) in [6.07, 6.45) is 11.5. The molecule has 1 amide bonds. The first-order chi connectivity index (χ1) is 16.1. The van der Waals surface area contributed by atoms with Gasteiger partial charge in [-0.1, -0.05) is 0 Å². The molecule has 1 saturated heterocycles. The molecule has 33 heavy (non-hydrogen) atoms. The molecule has 3 fully saturated rings. The highest BCUT2D eigenvalue weighted by atomic mass is 19.1. The zero-order valence-corrected chi connectivity index (χ0v) is 19.2. The third-order valence-electron chi connectivity index (χ3n) is 9.13. The first kappa shape index (κ1) is 20.0. The molecule has 0 radical (unpaired) electrons. The topological polar surface area (TPSA) is 45.2 Å². The van der Waals surface area contributed by atoms with Gasteiger partial charge in [-0.3, -0.25) is 9.78 Å². The smallest absolute Gasteiger partial charge is 0.253 e. The Balaban J connectivity index is 1.06. The lowest BCUT2D eigenvalue weighted by atomic mass is 9.86. The van der Waals surface area contributed by atoms with E-state index in [1.54, 1.807) is 12.3 Å². The maximum Gasteiger partial charge on any atom is 0.253 e. The summed E-state index contributed by atoms with van der Waals surface area (Å²) in [5.74, 6) is 2.82. The third-order valence-corrected chi connectivity index (χ3v) is 9.13. The van der Waals surface area contributed by atoms with Crippen molar-refractivity contribution >= 4 is 11.6 Å². The molecule has 4 nitrogen and oxygen atoms in total. The third kappa shape index (κ3) is 3.55. The normalized spacial score (nSPS) is 31.4. The Bertz CT molecular complexity index is 1120. The molecule has 7 rings (SSSR count). The van der Waals surface area contributed by atoms with E-state index in [1.807, 2.05) is 0 Å². The Morgan fingerprint density at radius 2 is 1.88 bits per heavy atom. The number of hydrogen-bond donors (Lipinski definition) is 1. The Morgan fingerprint density at radius 1 is 1.03 bits per heavy atom. The van der Waals surface area contributed by atoms with Gasteiger partial charge in [0.2, 0.25) is 0 Å². The SMILES string of the molecule is O=C(N[C@@H]1CCc2cc(N3CC4CCC(C4)C3)cc(F)c2C1)c1cnc2c(c1)[C@H]1C[C@H]1CC2. The molecule has 2 saturated carbocycles. The van der Waals surface area contributed by atoms with Gasteiger partial charge in [0.05, 0.1) is 5.56 Å². The number of aryl methyl sites for hydroxylation is 2. The zero-order valence-electron chi connectivity index (χ0n) is 19.2. The van der Waals surface area contributed by atoms with Crippen molar-refractivity contribution in [3.8, 4) is 0 Å². The number of halogens is 1. The monoisotopic (exact) mass is 445 g/mol. The largest absolute Gasteiger partial charge is 0.371 e. The number of benzene rings is 1. The predicted molar refractivity (Wildman–Crippen MR) is 126 cm³/mol. The molecule has 5 aliphatic rings. The molecule has 4 aliphatic carbocycles. The van der Waals surface area contributed by atoms with E-state index in [9.17, 15) is 4.79 Å². The average molecular weight is 446 g/mol. The van der Waals surface area contributed by atoms with E-state index in [0.717, 1.165) is 66.9 Å². The highest BCUT2D eigenvalue weighted by Crippen LogP contribution is 2.54. The number of hydrogen-bond acceptors (Lipinski definition) is 3. The molecule has 2 bridgehead atoms. The number of fused-ring (bicyclic) bond motifs is 6. The highest BCUT2D eigenvalue weighted by Gasteiger charge is 2.43. The van der Waals surface area contributed by atoms with Crippen LogP contribution in [-0.4, -0.2) is 30.0 Å². The van der Waals surface area contributed by atoms with Crippen LogP contribution in [0.5, 0.6) is 0 Å². The van der Waals surface area contributed by atoms with E-state index < -0.39 is 0 Å². The molecule has 1 aromatic heterocycles. The van der Waals surface area contributed by atoms with Crippen LogP contribution in [0.4, 0.5) is 10.1 Å². The van der Waals surface area contributed by atoms with E-state index in [0.29, 0.717) is 17.9 Å². The van der Waals surface area contributed by atoms with Crippen LogP contribution in [0.25, 0.3) is 0 Å². The van der Waals surface area contributed by atoms with Gasteiger partial charge in [-0.05, 0) is 116 Å². The minimum atomic E-state index is -0.102. The molecular weight excluding hydrogens is 413 g/mol. The molecule has 172 valence electrons. The molecule has 1 aliphatic heterocycles. The minimum Gasteiger partial charge on any atom is -0.371 e. The summed E-state index contributed by atoms with van der Waals surface area (Å²) >= 11 is 0. The van der Waals surface area contributed by atoms with E-state index in [-0.39, 0.29) is 17.8 Å². The number of amides is 1. The zero-order chi connectivity index (χ0) is 22.1. The summed E-state index contributed by atoms with van der Waals surface area (Å²) < 4.78 is 15.2. The maximum absolute atomic E-state index is 15.2. The van der Waals surface area contributed by atoms with Crippen LogP contribution in [-0.2, 0) is 19.3 Å². The molecule has 0 spiro atoms. The molecule has 2 unspecified atom stereocenters. The predicted octanol–water partition coefficient (Wildman–Crippen LogP) is 4.79. The van der Waals surface area contributed by atoms with Crippen molar-refractivity contribution in [2.45, 2.75) is 69.7 Å². The fourth-order valence-electron chi connectivity index (χ4n) is 7.23. The van der Waals surface area contributed by atoms with E-state index >= 15 is 4.39 Å². The average Bonchev–Trinajstić information content (AvgIpc) is 3.56. The number of pyridine rings is 1. The molecule has 5 heteroatoms. The van der Waals surface area contributed by atoms with Gasteiger partial charge in [0.15, 0.2) is 0 Å². The van der Waals surface area contributed by atoms with Gasteiger partial charge in [-0.25, -0.2) is 4.39 Å². The summed E-state index contributed by atoms with van der Waals surface area (Å²) in [7, 11) is 0. The molecular formula is C28H32FN3O. The van der Waals surface area contributed by atoms with Crippen molar-refractivity contribution in [3.05, 3.63) is 58.2 Å². The van der Waals surface area contributed by atoms with Gasteiger partial charge in [0.25, 0.3) is 5.91 Å². The molecule has 1 aromatic carbocycles. The number of rotatable bonds is 3. The van der Waals surface area contributed by atoms with Gasteiger partial charge in [0, 0.05) is 36.7 Å². The standard InChI is InChI=1S/C28H32FN3O/c29-26-12-22(32-14-16-1-2-17(7-16)15-32)8-18-3-5-21(11-24(18)26)31-28(33)20-10-25-23-9-19(23)4-6-27(25)30-13-20/h8,10,12-13,16-17,19,21,23H,1-7,9,11,14-15H2,(H,31,33)/t16?,17?,19-,21-,23+/m1/s1. The number of carbonyl (C=O) groups is 1. The van der Waals surface area contributed by atoms with Crippen molar-refractivity contribution in [3.63, 3.8) is 0 Å². The lowest BCUT2D eigenvalue weighted by Crippen LogP contribution is -2.40. The van der Waals surface area contributed by atoms with Crippen LogP contribution in [0, 0.1) is 23.6 Å². The minimum absolute atomic E-state index is 0.0270. The summed E-state index contributed by atoms with van der Waals surface area (Å²) in [5.41, 5.74) is 6.10. The second kappa shape index (κ2) is 7.54. The maximum atomic E-state index is 15.2. The second-order valence-corrected chi connectivity index (χ2v) is 11.3. The number of nitrogens with zero attached hydrogens (tertiary/aromatic N) is 2. The quantitative estimate of drug-likeness (QED) is 0.739. The van der Waals surface area contributed by atoms with Crippen LogP contribution in [0.15, 0.2) is 24.4 Å². The first-order valence-electron chi connectivity index (χ1n) is 13.0. The molecule has 2 aromatic rings. The fraction of sp³-hybridized carbons (Fsp3) is 0.571. The highest BCUT2D eigenvalue weighted by molar-refractivity contribution is 5.94. The van der Waals surface area contributed by atoms with Gasteiger partial charge in [0.1, 0.15) is 5.82 Å². The lowest BCUT2D eigenvalue weighted by molar-refractivity contribution is 0.0933. The number of nitrogens with one attached hydrogen (secondary N) is 1. The second-order valence-electron chi connectivity index (χ2n) is 11.3. The van der Waals surface area contributed by atoms with Crippen molar-refractivity contribution in [2.24, 2.45) is 17.8 Å². The van der Waals surface area contributed by atoms with Crippen molar-refractivity contribution < 1.29 is 9.18 Å². The van der Waals surface area contributed by atoms with Crippen LogP contribution < -0.4 is 10.2 Å². The van der Waals surface area contributed by atoms with Gasteiger partial charge < -0.3 is 10.2 Å². The van der Waals surface area contributed by atoms with Crippen LogP contribution in [0.3, 0.4) is 0 Å². The van der Waals surface area contributed by atoms with E-state index in [4.69, 9.17) is 0 Å². The molecule has 1 N–H and O–H groups in total. The van der Waals surface area contributed by atoms with Gasteiger partial charge >= 0.3 is 0 Å². The van der Waals surface area contributed by atoms with Gasteiger partial charge in [-0.2, -0.15) is 0 Å². The van der Waals surface area contributed by atoms with Crippen molar-refractivity contribution in [1.29, 1.82) is 0 Å². The van der Waals surface area contributed by atoms with Crippen molar-refractivity contribution in [1.82, 2.24) is 10.3 Å². The Morgan fingerprint density at radius 3 is 2.73 bits per heavy atom. The summed E-state index contributed by atoms with van der Waals surface area (Å²) in [6.45, 7) is 2.15. The number of aromatic nitrogens is 1. The van der Waals surface area contributed by atoms with Crippen LogP contribution >= 0.6 is 0 Å². The lowest BCUT2D eigenvalue weighted by Gasteiger charge is -2.35. The summed E-state index contributed by atoms with van der Waals surface area (Å²) in [6, 6.07) is 6.01. The fourth-order valence-corrected chi connectivity index (χ4v) is 7.23. The Labute approximate surface area is 195 Å². The van der Waals surface area contributed by atoms with E-state index in [2.05, 4.69) is 27.3 Å². The Kier molecular flexibility index (Phi) is 4.57. The van der Waals surface area contributed by atoms with Crippen LogP contribution in [0.2, 0.25) is 0 Å². The van der Waals surface area contributed by atoms with Gasteiger partial charge in [-0.15, -0.1) is 0 Å².